The fourth-order valence-electron chi connectivity index (χ4n) is 8.07. The maximum atomic E-state index is 2.64. The van der Waals surface area contributed by atoms with Crippen LogP contribution in [-0.4, -0.2) is 6.65 Å². The molecule has 0 saturated carbocycles. The van der Waals surface area contributed by atoms with Gasteiger partial charge in [-0.25, -0.2) is 0 Å². The first-order valence-electron chi connectivity index (χ1n) is 14.9. The van der Waals surface area contributed by atoms with Crippen LogP contribution in [0.2, 0.25) is 6.55 Å². The molecule has 5 aromatic carbocycles. The Kier molecular flexibility index (Phi) is 9.64. The summed E-state index contributed by atoms with van der Waals surface area (Å²) in [6, 6.07) is 48.0. The van der Waals surface area contributed by atoms with Crippen molar-refractivity contribution in [3.63, 3.8) is 0 Å². The van der Waals surface area contributed by atoms with Gasteiger partial charge in [-0.15, -0.1) is 0 Å². The van der Waals surface area contributed by atoms with Gasteiger partial charge in [0.05, 0.1) is 0 Å². The number of rotatable bonds is 6. The van der Waals surface area contributed by atoms with E-state index in [4.69, 9.17) is 0 Å². The van der Waals surface area contributed by atoms with Crippen molar-refractivity contribution in [1.82, 2.24) is 0 Å². The molecule has 0 bridgehead atoms. The summed E-state index contributed by atoms with van der Waals surface area (Å²) < 4.78 is 2.78. The topological polar surface area (TPSA) is 0 Å². The van der Waals surface area contributed by atoms with E-state index >= 15 is 0 Å². The van der Waals surface area contributed by atoms with E-state index in [2.05, 4.69) is 160 Å². The summed E-state index contributed by atoms with van der Waals surface area (Å²) in [6.45, 7) is 7.12. The standard InChI is InChI=1S/2C16H13.C6H5.CH5Si.2ClH.Zr/c2*1-12-10-14-8-5-9-15(16(14)11-12)13-6-3-2-4-7-13;1-2-4-6-5-3-1;1-2;;;/h2*2-11H,1H3;1-5H;2H2,1H3;2*1H;/p-2. The van der Waals surface area contributed by atoms with Crippen LogP contribution in [0.1, 0.15) is 43.4 Å². The predicted molar refractivity (Wildman–Crippen MR) is 177 cm³/mol. The molecule has 7 rings (SSSR count). The Bertz CT molecular complexity index is 1690. The van der Waals surface area contributed by atoms with Crippen LogP contribution in [0.15, 0.2) is 139 Å². The van der Waals surface area contributed by atoms with Crippen LogP contribution in [0.3, 0.4) is 0 Å². The summed E-state index contributed by atoms with van der Waals surface area (Å²) in [5.41, 5.74) is 14.6. The van der Waals surface area contributed by atoms with Gasteiger partial charge in [-0.1, -0.05) is 0 Å². The Labute approximate surface area is 275 Å². The third-order valence-corrected chi connectivity index (χ3v) is 39.0. The molecule has 0 nitrogen and oxygen atoms in total. The number of fused-ring (bicyclic) bond motifs is 2. The first kappa shape index (κ1) is 31.7. The molecule has 0 fully saturated rings. The molecule has 2 aliphatic carbocycles. The van der Waals surface area contributed by atoms with E-state index in [1.54, 1.807) is 25.5 Å². The predicted octanol–water partition coefficient (Wildman–Crippen LogP) is 3.26. The summed E-state index contributed by atoms with van der Waals surface area (Å²) >= 11 is -3.26. The van der Waals surface area contributed by atoms with E-state index in [0.717, 1.165) is 0 Å². The average Bonchev–Trinajstić information content (AvgIpc) is 3.56. The number of halogens is 2. The van der Waals surface area contributed by atoms with Crippen LogP contribution in [0, 0.1) is 0 Å². The molecule has 43 heavy (non-hydrogen) atoms. The second-order valence-corrected chi connectivity index (χ2v) is 34.0. The molecule has 0 saturated heterocycles. The molecule has 2 atom stereocenters. The summed E-state index contributed by atoms with van der Waals surface area (Å²) in [5.74, 6) is 0. The molecule has 0 amide bonds. The van der Waals surface area contributed by atoms with Gasteiger partial charge in [0.2, 0.25) is 0 Å². The fraction of sp³-hybridized carbons (Fsp3) is 0.128. The van der Waals surface area contributed by atoms with Crippen molar-refractivity contribution in [2.24, 2.45) is 0 Å². The normalized spacial score (nSPS) is 18.1. The SMILES string of the molecule is C[SiH2][Zr]([c]1ccccc1)([CH]1C(C)=Cc2c(-c3ccccc3)cccc21)[CH]1C(C)=Cc2c(-c3ccccc3)cccc21.[Cl-].[Cl-]. The van der Waals surface area contributed by atoms with Crippen LogP contribution >= 0.6 is 0 Å². The largest absolute Gasteiger partial charge is 1.00 e. The quantitative estimate of drug-likeness (QED) is 0.240. The van der Waals surface area contributed by atoms with Crippen molar-refractivity contribution < 1.29 is 44.2 Å². The van der Waals surface area contributed by atoms with Gasteiger partial charge in [0, 0.05) is 0 Å². The summed E-state index contributed by atoms with van der Waals surface area (Å²) in [6.07, 6.45) is 5.10. The smallest absolute Gasteiger partial charge is 1.00 e. The number of hydrogen-bond donors (Lipinski definition) is 0. The van der Waals surface area contributed by atoms with Crippen molar-refractivity contribution >= 4 is 22.1 Å². The van der Waals surface area contributed by atoms with Gasteiger partial charge in [0.15, 0.2) is 0 Å². The van der Waals surface area contributed by atoms with E-state index in [0.29, 0.717) is 7.25 Å². The second-order valence-electron chi connectivity index (χ2n) is 11.8. The van der Waals surface area contributed by atoms with E-state index in [9.17, 15) is 0 Å². The molecule has 5 aromatic rings. The van der Waals surface area contributed by atoms with Crippen molar-refractivity contribution in [3.8, 4) is 22.3 Å². The number of benzene rings is 5. The van der Waals surface area contributed by atoms with E-state index < -0.39 is 26.1 Å². The molecule has 0 radical (unpaired) electrons. The van der Waals surface area contributed by atoms with Gasteiger partial charge in [-0.05, 0) is 0 Å². The van der Waals surface area contributed by atoms with E-state index in [1.807, 2.05) is 0 Å². The molecule has 0 aromatic heterocycles. The molecule has 2 unspecified atom stereocenters. The minimum atomic E-state index is -3.26. The van der Waals surface area contributed by atoms with Crippen LogP contribution in [-0.2, 0) is 19.4 Å². The minimum Gasteiger partial charge on any atom is -1.00 e. The van der Waals surface area contributed by atoms with E-state index in [-0.39, 0.29) is 24.8 Å². The molecule has 0 N–H and O–H groups in total. The average molecular weight is 695 g/mol. The summed E-state index contributed by atoms with van der Waals surface area (Å²) in [4.78, 5) is 0. The zero-order chi connectivity index (χ0) is 28.0. The Morgan fingerprint density at radius 2 is 0.884 bits per heavy atom. The van der Waals surface area contributed by atoms with Crippen molar-refractivity contribution in [3.05, 3.63) is 161 Å². The van der Waals surface area contributed by atoms with Gasteiger partial charge < -0.3 is 24.8 Å². The van der Waals surface area contributed by atoms with Crippen LogP contribution in [0.4, 0.5) is 0 Å². The molecule has 0 aliphatic heterocycles. The van der Waals surface area contributed by atoms with Crippen LogP contribution < -0.4 is 28.1 Å². The molecule has 0 heterocycles. The van der Waals surface area contributed by atoms with Gasteiger partial charge in [-0.3, -0.25) is 0 Å². The van der Waals surface area contributed by atoms with Crippen molar-refractivity contribution in [1.29, 1.82) is 0 Å². The molecule has 216 valence electrons. The Morgan fingerprint density at radius 3 is 1.28 bits per heavy atom. The third-order valence-electron chi connectivity index (χ3n) is 9.65. The van der Waals surface area contributed by atoms with Gasteiger partial charge >= 0.3 is 252 Å². The number of allylic oxidation sites excluding steroid dienone is 2. The van der Waals surface area contributed by atoms with Crippen LogP contribution in [0.25, 0.3) is 34.4 Å². The molecule has 2 aliphatic rings. The zero-order valence-corrected chi connectivity index (χ0v) is 30.3. The monoisotopic (exact) mass is 692 g/mol. The van der Waals surface area contributed by atoms with Crippen molar-refractivity contribution in [2.45, 2.75) is 27.6 Å². The first-order chi connectivity index (χ1) is 20.1. The summed E-state index contributed by atoms with van der Waals surface area (Å²) in [5, 5.41) is 0. The van der Waals surface area contributed by atoms with Crippen LogP contribution in [0.5, 0.6) is 0 Å². The zero-order valence-electron chi connectivity index (χ0n) is 24.9. The Balaban J connectivity index is 0.00000184. The molecular weight excluding hydrogens is 659 g/mol. The fourth-order valence-corrected chi connectivity index (χ4v) is 39.0. The first-order valence-corrected chi connectivity index (χ1v) is 26.3. The minimum absolute atomic E-state index is 0. The van der Waals surface area contributed by atoms with Crippen molar-refractivity contribution in [2.75, 3.05) is 0 Å². The third kappa shape index (κ3) is 5.21. The van der Waals surface area contributed by atoms with Gasteiger partial charge in [0.1, 0.15) is 0 Å². The Hall–Kier alpha value is -2.74. The maximum Gasteiger partial charge on any atom is -1.00 e. The Morgan fingerprint density at radius 1 is 0.488 bits per heavy atom. The van der Waals surface area contributed by atoms with Gasteiger partial charge in [0.25, 0.3) is 0 Å². The maximum absolute atomic E-state index is 3.26. The molecular formula is C39H36Cl2SiZr-2. The molecule has 4 heteroatoms. The summed E-state index contributed by atoms with van der Waals surface area (Å²) in [7, 11) is 0. The number of hydrogen-bond acceptors (Lipinski definition) is 0. The second kappa shape index (κ2) is 13.1. The van der Waals surface area contributed by atoms with Gasteiger partial charge in [-0.2, -0.15) is 0 Å². The molecule has 0 spiro atoms. The van der Waals surface area contributed by atoms with E-state index in [1.165, 1.54) is 33.4 Å².